The third kappa shape index (κ3) is 9.18. The molecule has 9 heteroatoms. The molecule has 0 saturated heterocycles. The van der Waals surface area contributed by atoms with Crippen molar-refractivity contribution in [2.45, 2.75) is 58.5 Å². The Morgan fingerprint density at radius 2 is 1.66 bits per heavy atom. The van der Waals surface area contributed by atoms with Crippen LogP contribution in [0.1, 0.15) is 51.5 Å². The molecule has 0 aromatic heterocycles. The quantitative estimate of drug-likeness (QED) is 0.368. The van der Waals surface area contributed by atoms with E-state index >= 15 is 0 Å². The van der Waals surface area contributed by atoms with Gasteiger partial charge >= 0.3 is 0 Å². The molecular formula is C26H36ClN3O4S. The molecule has 1 atom stereocenters. The molecule has 0 spiro atoms. The van der Waals surface area contributed by atoms with Crippen molar-refractivity contribution in [1.82, 2.24) is 10.2 Å². The minimum Gasteiger partial charge on any atom is -0.354 e. The first-order chi connectivity index (χ1) is 16.7. The number of rotatable bonds is 14. The van der Waals surface area contributed by atoms with Gasteiger partial charge in [-0.1, -0.05) is 62.2 Å². The van der Waals surface area contributed by atoms with Crippen molar-refractivity contribution in [3.8, 4) is 0 Å². The van der Waals surface area contributed by atoms with Gasteiger partial charge in [-0.3, -0.25) is 13.9 Å². The van der Waals surface area contributed by atoms with Crippen LogP contribution < -0.4 is 9.62 Å². The smallest absolute Gasteiger partial charge is 0.242 e. The molecule has 192 valence electrons. The number of sulfonamides is 1. The second-order valence-corrected chi connectivity index (χ2v) is 10.8. The minimum absolute atomic E-state index is 0.116. The Kier molecular flexibility index (Phi) is 11.5. The monoisotopic (exact) mass is 521 g/mol. The second kappa shape index (κ2) is 14.1. The van der Waals surface area contributed by atoms with Gasteiger partial charge in [0.05, 0.1) is 11.9 Å². The van der Waals surface area contributed by atoms with Gasteiger partial charge in [0.2, 0.25) is 21.8 Å². The summed E-state index contributed by atoms with van der Waals surface area (Å²) < 4.78 is 26.0. The summed E-state index contributed by atoms with van der Waals surface area (Å²) in [7, 11) is -3.54. The Labute approximate surface area is 214 Å². The van der Waals surface area contributed by atoms with E-state index in [1.807, 2.05) is 37.3 Å². The summed E-state index contributed by atoms with van der Waals surface area (Å²) in [4.78, 5) is 27.9. The van der Waals surface area contributed by atoms with Crippen LogP contribution in [-0.2, 0) is 26.2 Å². The summed E-state index contributed by atoms with van der Waals surface area (Å²) in [5.41, 5.74) is 1.42. The molecule has 2 aromatic carbocycles. The molecule has 0 aliphatic carbocycles. The van der Waals surface area contributed by atoms with Gasteiger partial charge in [0, 0.05) is 31.1 Å². The van der Waals surface area contributed by atoms with Crippen LogP contribution in [0.3, 0.4) is 0 Å². The number of hydrogen-bond acceptors (Lipinski definition) is 4. The first-order valence-corrected chi connectivity index (χ1v) is 14.2. The predicted molar refractivity (Wildman–Crippen MR) is 142 cm³/mol. The predicted octanol–water partition coefficient (Wildman–Crippen LogP) is 4.61. The molecule has 0 saturated carbocycles. The largest absolute Gasteiger partial charge is 0.354 e. The zero-order valence-corrected chi connectivity index (χ0v) is 22.3. The van der Waals surface area contributed by atoms with Crippen molar-refractivity contribution in [3.05, 3.63) is 65.2 Å². The third-order valence-corrected chi connectivity index (χ3v) is 7.12. The lowest BCUT2D eigenvalue weighted by molar-refractivity contribution is -0.141. The molecule has 0 heterocycles. The van der Waals surface area contributed by atoms with Crippen molar-refractivity contribution < 1.29 is 18.0 Å². The number of amides is 2. The van der Waals surface area contributed by atoms with Crippen molar-refractivity contribution in [1.29, 1.82) is 0 Å². The van der Waals surface area contributed by atoms with Gasteiger partial charge in [-0.25, -0.2) is 8.42 Å². The van der Waals surface area contributed by atoms with Crippen LogP contribution in [0.4, 0.5) is 5.69 Å². The van der Waals surface area contributed by atoms with E-state index in [0.717, 1.165) is 24.7 Å². The fourth-order valence-corrected chi connectivity index (χ4v) is 4.91. The lowest BCUT2D eigenvalue weighted by atomic mass is 10.1. The molecule has 0 aliphatic heterocycles. The van der Waals surface area contributed by atoms with Gasteiger partial charge in [0.1, 0.15) is 6.04 Å². The molecule has 35 heavy (non-hydrogen) atoms. The highest BCUT2D eigenvalue weighted by Crippen LogP contribution is 2.21. The van der Waals surface area contributed by atoms with Crippen molar-refractivity contribution >= 4 is 39.1 Å². The normalized spacial score (nSPS) is 12.1. The van der Waals surface area contributed by atoms with Crippen LogP contribution in [0.5, 0.6) is 0 Å². The minimum atomic E-state index is -3.54. The molecule has 1 N–H and O–H groups in total. The first kappa shape index (κ1) is 28.7. The molecule has 2 rings (SSSR count). The number of halogens is 1. The maximum atomic E-state index is 13.4. The Bertz CT molecular complexity index is 1050. The van der Waals surface area contributed by atoms with Crippen LogP contribution in [0, 0.1) is 0 Å². The number of hydrogen-bond donors (Lipinski definition) is 1. The van der Waals surface area contributed by atoms with Gasteiger partial charge in [0.25, 0.3) is 0 Å². The third-order valence-electron chi connectivity index (χ3n) is 5.68. The lowest BCUT2D eigenvalue weighted by Crippen LogP contribution is -2.49. The van der Waals surface area contributed by atoms with E-state index < -0.39 is 16.1 Å². The van der Waals surface area contributed by atoms with Crippen LogP contribution in [-0.4, -0.2) is 50.5 Å². The van der Waals surface area contributed by atoms with Crippen molar-refractivity contribution in [3.63, 3.8) is 0 Å². The molecule has 0 radical (unpaired) electrons. The molecule has 0 aliphatic rings. The summed E-state index contributed by atoms with van der Waals surface area (Å²) in [6, 6.07) is 15.5. The number of benzene rings is 2. The summed E-state index contributed by atoms with van der Waals surface area (Å²) >= 11 is 5.94. The van der Waals surface area contributed by atoms with Gasteiger partial charge in [-0.15, -0.1) is 0 Å². The van der Waals surface area contributed by atoms with E-state index in [0.29, 0.717) is 36.6 Å². The SMILES string of the molecule is CCCCNC(=O)C(CC)N(Cc1ccccc1)C(=O)CCCN(c1ccc(Cl)cc1)S(C)(=O)=O. The average molecular weight is 522 g/mol. The number of nitrogens with zero attached hydrogens (tertiary/aromatic N) is 2. The van der Waals surface area contributed by atoms with E-state index in [2.05, 4.69) is 12.2 Å². The summed E-state index contributed by atoms with van der Waals surface area (Å²) in [6.07, 6.45) is 3.89. The van der Waals surface area contributed by atoms with E-state index in [1.165, 1.54) is 4.31 Å². The number of carbonyl (C=O) groups is 2. The van der Waals surface area contributed by atoms with Crippen LogP contribution >= 0.6 is 11.6 Å². The Morgan fingerprint density at radius 1 is 1.00 bits per heavy atom. The molecular weight excluding hydrogens is 486 g/mol. The number of carbonyl (C=O) groups excluding carboxylic acids is 2. The van der Waals surface area contributed by atoms with Gasteiger partial charge in [0.15, 0.2) is 0 Å². The van der Waals surface area contributed by atoms with Gasteiger partial charge in [-0.05, 0) is 49.1 Å². The van der Waals surface area contributed by atoms with E-state index in [-0.39, 0.29) is 24.8 Å². The first-order valence-electron chi connectivity index (χ1n) is 12.0. The highest BCUT2D eigenvalue weighted by molar-refractivity contribution is 7.92. The maximum Gasteiger partial charge on any atom is 0.242 e. The van der Waals surface area contributed by atoms with Crippen LogP contribution in [0.25, 0.3) is 0 Å². The standard InChI is InChI=1S/C26H36ClN3O4S/c1-4-6-18-28-26(32)24(5-2)29(20-21-11-8-7-9-12-21)25(31)13-10-19-30(35(3,33)34)23-16-14-22(27)15-17-23/h7-9,11-12,14-17,24H,4-6,10,13,18-20H2,1-3H3,(H,28,32). The van der Waals surface area contributed by atoms with Crippen LogP contribution in [0.15, 0.2) is 54.6 Å². The van der Waals surface area contributed by atoms with E-state index in [1.54, 1.807) is 29.2 Å². The van der Waals surface area contributed by atoms with Crippen molar-refractivity contribution in [2.75, 3.05) is 23.7 Å². The highest BCUT2D eigenvalue weighted by Gasteiger charge is 2.28. The fourth-order valence-electron chi connectivity index (χ4n) is 3.82. The summed E-state index contributed by atoms with van der Waals surface area (Å²) in [5, 5.41) is 3.46. The number of anilines is 1. The molecule has 1 unspecified atom stereocenters. The number of nitrogens with one attached hydrogen (secondary N) is 1. The zero-order chi connectivity index (χ0) is 25.8. The zero-order valence-electron chi connectivity index (χ0n) is 20.7. The fraction of sp³-hybridized carbons (Fsp3) is 0.462. The molecule has 2 aromatic rings. The molecule has 2 amide bonds. The van der Waals surface area contributed by atoms with Gasteiger partial charge in [-0.2, -0.15) is 0 Å². The van der Waals surface area contributed by atoms with Gasteiger partial charge < -0.3 is 10.2 Å². The highest BCUT2D eigenvalue weighted by atomic mass is 35.5. The average Bonchev–Trinajstić information content (AvgIpc) is 2.82. The van der Waals surface area contributed by atoms with Crippen LogP contribution in [0.2, 0.25) is 5.02 Å². The lowest BCUT2D eigenvalue weighted by Gasteiger charge is -2.31. The van der Waals surface area contributed by atoms with E-state index in [9.17, 15) is 18.0 Å². The Hall–Kier alpha value is -2.58. The number of unbranched alkanes of at least 4 members (excludes halogenated alkanes) is 1. The topological polar surface area (TPSA) is 86.8 Å². The summed E-state index contributed by atoms with van der Waals surface area (Å²) in [5.74, 6) is -0.347. The Balaban J connectivity index is 2.15. The summed E-state index contributed by atoms with van der Waals surface area (Å²) in [6.45, 7) is 4.97. The second-order valence-electron chi connectivity index (χ2n) is 8.49. The molecule has 0 bridgehead atoms. The molecule has 7 nitrogen and oxygen atoms in total. The Morgan fingerprint density at radius 3 is 2.23 bits per heavy atom. The van der Waals surface area contributed by atoms with Crippen molar-refractivity contribution in [2.24, 2.45) is 0 Å². The van der Waals surface area contributed by atoms with E-state index in [4.69, 9.17) is 11.6 Å². The molecule has 0 fully saturated rings. The maximum absolute atomic E-state index is 13.4.